The molecule has 0 N–H and O–H groups in total. The van der Waals surface area contributed by atoms with Crippen LogP contribution < -0.4 is 0 Å². The van der Waals surface area contributed by atoms with Crippen molar-refractivity contribution in [3.05, 3.63) is 97.2 Å². The van der Waals surface area contributed by atoms with Crippen LogP contribution in [0.2, 0.25) is 0 Å². The van der Waals surface area contributed by atoms with Crippen molar-refractivity contribution in [3.63, 3.8) is 0 Å². The lowest BCUT2D eigenvalue weighted by molar-refractivity contribution is 1.33. The summed E-state index contributed by atoms with van der Waals surface area (Å²) in [7, 11) is 0. The quantitative estimate of drug-likeness (QED) is 0.303. The van der Waals surface area contributed by atoms with E-state index in [1.165, 1.54) is 54.4 Å². The number of benzene rings is 4. The summed E-state index contributed by atoms with van der Waals surface area (Å²) in [5.74, 6) is 0. The van der Waals surface area contributed by atoms with Crippen LogP contribution in [0.15, 0.2) is 97.2 Å². The van der Waals surface area contributed by atoms with Crippen LogP contribution in [0.4, 0.5) is 0 Å². The van der Waals surface area contributed by atoms with E-state index in [9.17, 15) is 0 Å². The lowest BCUT2D eigenvalue weighted by atomic mass is 9.97. The molecule has 0 bridgehead atoms. The second-order valence-electron chi connectivity index (χ2n) is 7.64. The molecule has 7 rings (SSSR count). The van der Waals surface area contributed by atoms with E-state index >= 15 is 0 Å². The monoisotopic (exact) mass is 368 g/mol. The van der Waals surface area contributed by atoms with Crippen LogP contribution in [-0.2, 0) is 0 Å². The molecule has 134 valence electrons. The SMILES string of the molecule is c1ccc(-c2cc3c4cccc5c6ccccc6n(c3c3ccccc23)c54)nc1. The van der Waals surface area contributed by atoms with Crippen molar-refractivity contribution >= 4 is 48.9 Å². The van der Waals surface area contributed by atoms with E-state index < -0.39 is 0 Å². The van der Waals surface area contributed by atoms with Gasteiger partial charge in [-0.25, -0.2) is 0 Å². The van der Waals surface area contributed by atoms with Gasteiger partial charge in [-0.2, -0.15) is 0 Å². The number of hydrogen-bond donors (Lipinski definition) is 0. The number of pyridine rings is 1. The highest BCUT2D eigenvalue weighted by Gasteiger charge is 2.20. The predicted octanol–water partition coefficient (Wildman–Crippen LogP) is 7.05. The van der Waals surface area contributed by atoms with Gasteiger partial charge in [-0.1, -0.05) is 66.7 Å². The Morgan fingerprint density at radius 3 is 1.97 bits per heavy atom. The summed E-state index contributed by atoms with van der Waals surface area (Å²) in [6.07, 6.45) is 1.87. The molecule has 0 amide bonds. The molecule has 2 nitrogen and oxygen atoms in total. The van der Waals surface area contributed by atoms with Crippen LogP contribution >= 0.6 is 0 Å². The Morgan fingerprint density at radius 1 is 0.517 bits per heavy atom. The summed E-state index contributed by atoms with van der Waals surface area (Å²) >= 11 is 0. The molecule has 4 aromatic carbocycles. The van der Waals surface area contributed by atoms with Crippen LogP contribution in [-0.4, -0.2) is 9.38 Å². The molecule has 0 fully saturated rings. The Labute approximate surface area is 167 Å². The second-order valence-corrected chi connectivity index (χ2v) is 7.64. The third-order valence-corrected chi connectivity index (χ3v) is 6.17. The van der Waals surface area contributed by atoms with Gasteiger partial charge in [0.25, 0.3) is 0 Å². The first-order valence-electron chi connectivity index (χ1n) is 9.92. The number of rotatable bonds is 1. The number of hydrogen-bond acceptors (Lipinski definition) is 1. The molecule has 0 radical (unpaired) electrons. The maximum Gasteiger partial charge on any atom is 0.0708 e. The lowest BCUT2D eigenvalue weighted by Crippen LogP contribution is -1.88. The van der Waals surface area contributed by atoms with Crippen molar-refractivity contribution < 1.29 is 0 Å². The van der Waals surface area contributed by atoms with Crippen LogP contribution in [0.5, 0.6) is 0 Å². The molecule has 0 spiro atoms. The molecule has 0 saturated carbocycles. The Hall–Kier alpha value is -3.91. The molecule has 0 aliphatic rings. The summed E-state index contributed by atoms with van der Waals surface area (Å²) in [6.45, 7) is 0. The fourth-order valence-corrected chi connectivity index (χ4v) is 5.01. The minimum absolute atomic E-state index is 1.01. The Kier molecular flexibility index (Phi) is 2.77. The molecular weight excluding hydrogens is 352 g/mol. The fraction of sp³-hybridized carbons (Fsp3) is 0. The van der Waals surface area contributed by atoms with Gasteiger partial charge >= 0.3 is 0 Å². The molecule has 7 aromatic rings. The smallest absolute Gasteiger partial charge is 0.0708 e. The number of nitrogens with zero attached hydrogens (tertiary/aromatic N) is 2. The van der Waals surface area contributed by atoms with E-state index in [2.05, 4.69) is 94.3 Å². The molecule has 0 saturated heterocycles. The second kappa shape index (κ2) is 5.33. The van der Waals surface area contributed by atoms with Crippen molar-refractivity contribution in [1.29, 1.82) is 0 Å². The molecular formula is C27H16N2. The van der Waals surface area contributed by atoms with E-state index in [1.807, 2.05) is 12.3 Å². The van der Waals surface area contributed by atoms with Gasteiger partial charge in [0.05, 0.1) is 22.2 Å². The van der Waals surface area contributed by atoms with Crippen LogP contribution in [0.25, 0.3) is 60.1 Å². The topological polar surface area (TPSA) is 17.3 Å². The maximum absolute atomic E-state index is 4.65. The molecule has 29 heavy (non-hydrogen) atoms. The Bertz CT molecular complexity index is 1690. The van der Waals surface area contributed by atoms with Crippen molar-refractivity contribution in [1.82, 2.24) is 9.38 Å². The molecule has 0 aliphatic heterocycles. The molecule has 3 aromatic heterocycles. The molecule has 0 atom stereocenters. The first-order chi connectivity index (χ1) is 14.4. The van der Waals surface area contributed by atoms with Crippen molar-refractivity contribution in [2.75, 3.05) is 0 Å². The third-order valence-electron chi connectivity index (χ3n) is 6.17. The Morgan fingerprint density at radius 2 is 1.14 bits per heavy atom. The predicted molar refractivity (Wildman–Crippen MR) is 122 cm³/mol. The largest absolute Gasteiger partial charge is 0.307 e. The first kappa shape index (κ1) is 15.1. The van der Waals surface area contributed by atoms with Gasteiger partial charge in [0, 0.05) is 38.7 Å². The van der Waals surface area contributed by atoms with Gasteiger partial charge in [0.15, 0.2) is 0 Å². The third kappa shape index (κ3) is 1.83. The Balaban J connectivity index is 1.82. The minimum Gasteiger partial charge on any atom is -0.307 e. The molecule has 0 aliphatic carbocycles. The van der Waals surface area contributed by atoms with Gasteiger partial charge in [-0.3, -0.25) is 4.98 Å². The van der Waals surface area contributed by atoms with Gasteiger partial charge in [-0.05, 0) is 29.7 Å². The summed E-state index contributed by atoms with van der Waals surface area (Å²) in [5, 5.41) is 7.73. The van der Waals surface area contributed by atoms with E-state index in [-0.39, 0.29) is 0 Å². The maximum atomic E-state index is 4.65. The van der Waals surface area contributed by atoms with Gasteiger partial charge in [0.2, 0.25) is 0 Å². The summed E-state index contributed by atoms with van der Waals surface area (Å²) in [5.41, 5.74) is 6.07. The van der Waals surface area contributed by atoms with E-state index in [0.29, 0.717) is 0 Å². The average Bonchev–Trinajstić information content (AvgIpc) is 3.31. The zero-order chi connectivity index (χ0) is 18.9. The highest BCUT2D eigenvalue weighted by atomic mass is 14.9. The summed E-state index contributed by atoms with van der Waals surface area (Å²) < 4.78 is 2.46. The fourth-order valence-electron chi connectivity index (χ4n) is 5.01. The van der Waals surface area contributed by atoms with Crippen LogP contribution in [0.3, 0.4) is 0 Å². The van der Waals surface area contributed by atoms with Crippen molar-refractivity contribution in [2.24, 2.45) is 0 Å². The van der Waals surface area contributed by atoms with Crippen molar-refractivity contribution in [3.8, 4) is 11.3 Å². The van der Waals surface area contributed by atoms with Crippen molar-refractivity contribution in [2.45, 2.75) is 0 Å². The van der Waals surface area contributed by atoms with E-state index in [4.69, 9.17) is 0 Å². The average molecular weight is 368 g/mol. The van der Waals surface area contributed by atoms with Gasteiger partial charge < -0.3 is 4.40 Å². The van der Waals surface area contributed by atoms with E-state index in [1.54, 1.807) is 0 Å². The molecule has 0 unspecified atom stereocenters. The highest BCUT2D eigenvalue weighted by molar-refractivity contribution is 6.28. The normalized spacial score (nSPS) is 12.1. The number of aromatic nitrogens is 2. The van der Waals surface area contributed by atoms with E-state index in [0.717, 1.165) is 5.69 Å². The zero-order valence-corrected chi connectivity index (χ0v) is 15.6. The highest BCUT2D eigenvalue weighted by Crippen LogP contribution is 2.43. The van der Waals surface area contributed by atoms with Crippen LogP contribution in [0, 0.1) is 0 Å². The minimum atomic E-state index is 1.01. The summed E-state index contributed by atoms with van der Waals surface area (Å²) in [6, 6.07) is 32.6. The first-order valence-corrected chi connectivity index (χ1v) is 9.92. The number of para-hydroxylation sites is 2. The lowest BCUT2D eigenvalue weighted by Gasteiger charge is -2.09. The van der Waals surface area contributed by atoms with Crippen LogP contribution in [0.1, 0.15) is 0 Å². The summed E-state index contributed by atoms with van der Waals surface area (Å²) in [4.78, 5) is 4.65. The van der Waals surface area contributed by atoms with Gasteiger partial charge in [0.1, 0.15) is 0 Å². The standard InChI is InChI=1S/C27H16N2/c1-2-10-19-17(8-1)22(24-13-5-6-15-28-24)16-23-21-12-7-11-20-18-9-3-4-14-25(18)29(26(20)21)27(19)23/h1-16H. The zero-order valence-electron chi connectivity index (χ0n) is 15.6. The number of fused-ring (bicyclic) bond motifs is 8. The van der Waals surface area contributed by atoms with Gasteiger partial charge in [-0.15, -0.1) is 0 Å². The molecule has 3 heterocycles. The molecule has 2 heteroatoms.